The van der Waals surface area contributed by atoms with Gasteiger partial charge in [-0.1, -0.05) is 6.92 Å². The average molecular weight is 321 g/mol. The number of benzene rings is 1. The molecule has 0 aliphatic rings. The molecule has 0 bridgehead atoms. The first-order valence-corrected chi connectivity index (χ1v) is 7.20. The van der Waals surface area contributed by atoms with Crippen LogP contribution in [0.5, 0.6) is 11.5 Å². The number of carbonyl (C=O) groups is 2. The molecule has 1 aromatic rings. The summed E-state index contributed by atoms with van der Waals surface area (Å²) in [4.78, 5) is 23.8. The van der Waals surface area contributed by atoms with Crippen molar-refractivity contribution in [1.29, 1.82) is 0 Å². The molecule has 0 aliphatic heterocycles. The second-order valence-electron chi connectivity index (χ2n) is 5.15. The van der Waals surface area contributed by atoms with Gasteiger partial charge in [0.1, 0.15) is 17.0 Å². The first-order chi connectivity index (χ1) is 10.9. The highest BCUT2D eigenvalue weighted by atomic mass is 16.5. The Morgan fingerprint density at radius 2 is 1.70 bits per heavy atom. The van der Waals surface area contributed by atoms with E-state index in [9.17, 15) is 9.59 Å². The summed E-state index contributed by atoms with van der Waals surface area (Å²) in [6.45, 7) is 3.42. The predicted octanol–water partition coefficient (Wildman–Crippen LogP) is 2.17. The quantitative estimate of drug-likeness (QED) is 0.615. The van der Waals surface area contributed by atoms with E-state index in [0.717, 1.165) is 5.56 Å². The minimum atomic E-state index is -1.05. The van der Waals surface area contributed by atoms with Crippen LogP contribution in [0.3, 0.4) is 0 Å². The molecule has 126 valence electrons. The minimum Gasteiger partial charge on any atom is -0.497 e. The van der Waals surface area contributed by atoms with Crippen molar-refractivity contribution in [3.05, 3.63) is 29.8 Å². The van der Waals surface area contributed by atoms with Crippen LogP contribution >= 0.6 is 0 Å². The molecule has 1 amide bonds. The Labute approximate surface area is 136 Å². The van der Waals surface area contributed by atoms with E-state index in [2.05, 4.69) is 5.32 Å². The van der Waals surface area contributed by atoms with Crippen LogP contribution in [0.15, 0.2) is 24.3 Å². The van der Waals surface area contributed by atoms with E-state index in [1.807, 2.05) is 0 Å². The highest BCUT2D eigenvalue weighted by Gasteiger charge is 2.33. The lowest BCUT2D eigenvalue weighted by atomic mass is 9.99. The van der Waals surface area contributed by atoms with Gasteiger partial charge in [-0.25, -0.2) is 4.79 Å². The lowest BCUT2D eigenvalue weighted by molar-refractivity contribution is -0.149. The maximum absolute atomic E-state index is 12.1. The molecule has 6 heteroatoms. The molecule has 1 rings (SSSR count). The van der Waals surface area contributed by atoms with Crippen LogP contribution in [-0.2, 0) is 14.3 Å². The highest BCUT2D eigenvalue weighted by molar-refractivity contribution is 5.96. The van der Waals surface area contributed by atoms with Crippen molar-refractivity contribution >= 4 is 18.0 Å². The molecule has 0 saturated heterocycles. The van der Waals surface area contributed by atoms with Crippen LogP contribution in [0.4, 0.5) is 0 Å². The minimum absolute atomic E-state index is 0.387. The first-order valence-electron chi connectivity index (χ1n) is 7.20. The summed E-state index contributed by atoms with van der Waals surface area (Å²) < 4.78 is 15.1. The molecule has 1 unspecified atom stereocenters. The van der Waals surface area contributed by atoms with Crippen LogP contribution in [0, 0.1) is 0 Å². The van der Waals surface area contributed by atoms with Crippen molar-refractivity contribution in [1.82, 2.24) is 5.32 Å². The van der Waals surface area contributed by atoms with Gasteiger partial charge in [-0.15, -0.1) is 0 Å². The SMILES string of the molecule is CCC(C)(NC(=O)/C=C/c1cc(OC)cc(OC)c1)C(=O)OC. The Kier molecular flexibility index (Phi) is 6.63. The summed E-state index contributed by atoms with van der Waals surface area (Å²) in [6, 6.07) is 5.28. The second kappa shape index (κ2) is 8.22. The lowest BCUT2D eigenvalue weighted by Gasteiger charge is -2.25. The van der Waals surface area contributed by atoms with Gasteiger partial charge in [0, 0.05) is 12.1 Å². The summed E-state index contributed by atoms with van der Waals surface area (Å²) in [5.74, 6) is 0.376. The Balaban J connectivity index is 2.88. The molecule has 0 radical (unpaired) electrons. The van der Waals surface area contributed by atoms with E-state index in [0.29, 0.717) is 17.9 Å². The summed E-state index contributed by atoms with van der Waals surface area (Å²) in [7, 11) is 4.40. The van der Waals surface area contributed by atoms with Crippen LogP contribution in [-0.4, -0.2) is 38.7 Å². The Morgan fingerprint density at radius 1 is 1.13 bits per heavy atom. The number of esters is 1. The molecule has 23 heavy (non-hydrogen) atoms. The summed E-state index contributed by atoms with van der Waals surface area (Å²) in [5, 5.41) is 2.66. The van der Waals surface area contributed by atoms with Crippen LogP contribution in [0.25, 0.3) is 6.08 Å². The molecule has 0 fully saturated rings. The van der Waals surface area contributed by atoms with Gasteiger partial charge in [-0.2, -0.15) is 0 Å². The van der Waals surface area contributed by atoms with Gasteiger partial charge in [0.05, 0.1) is 21.3 Å². The fraction of sp³-hybridized carbons (Fsp3) is 0.412. The molecular weight excluding hydrogens is 298 g/mol. The Bertz CT molecular complexity index is 574. The zero-order chi connectivity index (χ0) is 17.5. The van der Waals surface area contributed by atoms with Gasteiger partial charge in [0.2, 0.25) is 5.91 Å². The summed E-state index contributed by atoms with van der Waals surface area (Å²) in [5.41, 5.74) is -0.310. The zero-order valence-corrected chi connectivity index (χ0v) is 14.1. The third-order valence-corrected chi connectivity index (χ3v) is 3.54. The van der Waals surface area contributed by atoms with Crippen LogP contribution < -0.4 is 14.8 Å². The molecule has 6 nitrogen and oxygen atoms in total. The molecule has 0 spiro atoms. The van der Waals surface area contributed by atoms with Crippen molar-refractivity contribution < 1.29 is 23.8 Å². The molecule has 0 aliphatic carbocycles. The average Bonchev–Trinajstić information content (AvgIpc) is 2.58. The number of hydrogen-bond donors (Lipinski definition) is 1. The van der Waals surface area contributed by atoms with Crippen LogP contribution in [0.2, 0.25) is 0 Å². The van der Waals surface area contributed by atoms with Gasteiger partial charge in [-0.05, 0) is 37.1 Å². The molecular formula is C17H23NO5. The molecule has 1 aromatic carbocycles. The third kappa shape index (κ3) is 5.02. The van der Waals surface area contributed by atoms with Gasteiger partial charge < -0.3 is 19.5 Å². The lowest BCUT2D eigenvalue weighted by Crippen LogP contribution is -2.51. The van der Waals surface area contributed by atoms with Crippen molar-refractivity contribution in [2.24, 2.45) is 0 Å². The molecule has 0 saturated carbocycles. The molecule has 0 aromatic heterocycles. The number of nitrogens with one attached hydrogen (secondary N) is 1. The fourth-order valence-electron chi connectivity index (χ4n) is 1.92. The number of carbonyl (C=O) groups excluding carboxylic acids is 2. The second-order valence-corrected chi connectivity index (χ2v) is 5.15. The van der Waals surface area contributed by atoms with Crippen molar-refractivity contribution in [3.8, 4) is 11.5 Å². The predicted molar refractivity (Wildman–Crippen MR) is 87.4 cm³/mol. The number of ether oxygens (including phenoxy) is 3. The Morgan fingerprint density at radius 3 is 2.13 bits per heavy atom. The maximum Gasteiger partial charge on any atom is 0.331 e. The Hall–Kier alpha value is -2.50. The number of rotatable bonds is 7. The molecule has 0 heterocycles. The number of hydrogen-bond acceptors (Lipinski definition) is 5. The van der Waals surface area contributed by atoms with E-state index < -0.39 is 11.5 Å². The first kappa shape index (κ1) is 18.5. The van der Waals surface area contributed by atoms with Crippen molar-refractivity contribution in [3.63, 3.8) is 0 Å². The topological polar surface area (TPSA) is 73.9 Å². The largest absolute Gasteiger partial charge is 0.497 e. The smallest absolute Gasteiger partial charge is 0.331 e. The number of amides is 1. The normalized spacial score (nSPS) is 13.3. The molecule has 1 N–H and O–H groups in total. The van der Waals surface area contributed by atoms with Crippen molar-refractivity contribution in [2.45, 2.75) is 25.8 Å². The van der Waals surface area contributed by atoms with E-state index in [1.165, 1.54) is 13.2 Å². The fourth-order valence-corrected chi connectivity index (χ4v) is 1.92. The van der Waals surface area contributed by atoms with Gasteiger partial charge in [-0.3, -0.25) is 4.79 Å². The molecule has 1 atom stereocenters. The van der Waals surface area contributed by atoms with E-state index in [1.54, 1.807) is 52.3 Å². The monoisotopic (exact) mass is 321 g/mol. The van der Waals surface area contributed by atoms with Crippen LogP contribution in [0.1, 0.15) is 25.8 Å². The highest BCUT2D eigenvalue weighted by Crippen LogP contribution is 2.23. The standard InChI is InChI=1S/C17H23NO5/c1-6-17(2,16(20)23-5)18-15(19)8-7-12-9-13(21-3)11-14(10-12)22-4/h7-11H,6H2,1-5H3,(H,18,19)/b8-7+. The van der Waals surface area contributed by atoms with E-state index in [-0.39, 0.29) is 5.91 Å². The van der Waals surface area contributed by atoms with E-state index >= 15 is 0 Å². The van der Waals surface area contributed by atoms with Crippen molar-refractivity contribution in [2.75, 3.05) is 21.3 Å². The summed E-state index contributed by atoms with van der Waals surface area (Å²) >= 11 is 0. The maximum atomic E-state index is 12.1. The number of methoxy groups -OCH3 is 3. The zero-order valence-electron chi connectivity index (χ0n) is 14.1. The van der Waals surface area contributed by atoms with Gasteiger partial charge in [0.15, 0.2) is 0 Å². The summed E-state index contributed by atoms with van der Waals surface area (Å²) in [6.07, 6.45) is 3.39. The van der Waals surface area contributed by atoms with Gasteiger partial charge >= 0.3 is 5.97 Å². The van der Waals surface area contributed by atoms with Gasteiger partial charge in [0.25, 0.3) is 0 Å². The third-order valence-electron chi connectivity index (χ3n) is 3.54. The van der Waals surface area contributed by atoms with E-state index in [4.69, 9.17) is 14.2 Å².